The van der Waals surface area contributed by atoms with Gasteiger partial charge in [0.1, 0.15) is 0 Å². The minimum Gasteiger partial charge on any atom is -0.322 e. The second kappa shape index (κ2) is 5.07. The minimum atomic E-state index is -0.0373. The van der Waals surface area contributed by atoms with Gasteiger partial charge in [-0.05, 0) is 60.2 Å². The van der Waals surface area contributed by atoms with Crippen LogP contribution < -0.4 is 10.5 Å². The quantitative estimate of drug-likeness (QED) is 0.783. The third-order valence-electron chi connectivity index (χ3n) is 3.39. The Bertz CT molecular complexity index is 640. The largest absolute Gasteiger partial charge is 0.322 e. The average molecular weight is 270 g/mol. The molecule has 1 aliphatic heterocycles. The number of hydrogen-bond acceptors (Lipinski definition) is 3. The topological polar surface area (TPSA) is 55.1 Å². The second-order valence-electron chi connectivity index (χ2n) is 4.55. The van der Waals surface area contributed by atoms with Crippen LogP contribution in [0.5, 0.6) is 0 Å². The van der Waals surface area contributed by atoms with Gasteiger partial charge in [-0.3, -0.25) is 9.93 Å². The van der Waals surface area contributed by atoms with E-state index in [1.54, 1.807) is 0 Å². The van der Waals surface area contributed by atoms with Crippen molar-refractivity contribution in [3.63, 3.8) is 0 Å². The van der Waals surface area contributed by atoms with Gasteiger partial charge in [0.2, 0.25) is 0 Å². The van der Waals surface area contributed by atoms with Crippen LogP contribution in [-0.4, -0.2) is 5.91 Å². The number of rotatable bonds is 1. The first-order valence-corrected chi connectivity index (χ1v) is 7.05. The molecular weight excluding hydrogens is 256 g/mol. The van der Waals surface area contributed by atoms with Crippen molar-refractivity contribution < 1.29 is 4.79 Å². The Balaban J connectivity index is 2.02. The van der Waals surface area contributed by atoms with E-state index in [0.29, 0.717) is 0 Å². The molecule has 0 aliphatic carbocycles. The van der Waals surface area contributed by atoms with E-state index in [0.717, 1.165) is 40.1 Å². The molecule has 0 saturated carbocycles. The molecule has 3 N–H and O–H groups in total. The summed E-state index contributed by atoms with van der Waals surface area (Å²) in [5, 5.41) is 8.57. The summed E-state index contributed by atoms with van der Waals surface area (Å²) in [5.41, 5.74) is 3.89. The van der Waals surface area contributed by atoms with E-state index >= 15 is 0 Å². The van der Waals surface area contributed by atoms with Crippen molar-refractivity contribution in [3.05, 3.63) is 59.2 Å². The van der Waals surface area contributed by atoms with Crippen LogP contribution in [-0.2, 0) is 12.8 Å². The van der Waals surface area contributed by atoms with E-state index < -0.39 is 0 Å². The molecule has 3 nitrogen and oxygen atoms in total. The van der Waals surface area contributed by atoms with Gasteiger partial charge in [-0.25, -0.2) is 0 Å². The van der Waals surface area contributed by atoms with E-state index in [2.05, 4.69) is 5.32 Å². The highest BCUT2D eigenvalue weighted by Crippen LogP contribution is 2.26. The Morgan fingerprint density at radius 1 is 1.05 bits per heavy atom. The lowest BCUT2D eigenvalue weighted by atomic mass is 9.96. The van der Waals surface area contributed by atoms with Crippen molar-refractivity contribution in [2.45, 2.75) is 17.7 Å². The number of benzene rings is 2. The number of anilines is 1. The van der Waals surface area contributed by atoms with Crippen LogP contribution in [0.25, 0.3) is 0 Å². The van der Waals surface area contributed by atoms with Gasteiger partial charge in [-0.15, -0.1) is 0 Å². The second-order valence-corrected chi connectivity index (χ2v) is 5.26. The Morgan fingerprint density at radius 2 is 1.84 bits per heavy atom. The highest BCUT2D eigenvalue weighted by atomic mass is 32.2. The summed E-state index contributed by atoms with van der Waals surface area (Å²) in [4.78, 5) is 13.3. The maximum atomic E-state index is 12.2. The molecule has 0 aromatic heterocycles. The number of carbonyl (C=O) groups excluding carboxylic acids is 1. The lowest BCUT2D eigenvalue weighted by Crippen LogP contribution is -2.18. The van der Waals surface area contributed by atoms with Crippen molar-refractivity contribution in [2.75, 3.05) is 5.32 Å². The summed E-state index contributed by atoms with van der Waals surface area (Å²) in [5.74, 6) is -0.0373. The molecule has 1 amide bonds. The molecule has 0 spiro atoms. The van der Waals surface area contributed by atoms with Crippen LogP contribution >= 0.6 is 11.9 Å². The fourth-order valence-corrected chi connectivity index (χ4v) is 2.75. The van der Waals surface area contributed by atoms with Crippen LogP contribution in [0, 0.1) is 0 Å². The lowest BCUT2D eigenvalue weighted by Gasteiger charge is -2.18. The molecule has 2 aromatic rings. The van der Waals surface area contributed by atoms with E-state index in [1.165, 1.54) is 11.9 Å². The van der Waals surface area contributed by atoms with Gasteiger partial charge in [0.15, 0.2) is 0 Å². The standard InChI is InChI=1S/C15H14N2OS/c16-19-12-7-8-14-11(9-12)6-5-10-3-1-2-4-13(10)15(18)17-14/h1-4,7-9H,5-6,16H2,(H,17,18). The van der Waals surface area contributed by atoms with Gasteiger partial charge >= 0.3 is 0 Å². The summed E-state index contributed by atoms with van der Waals surface area (Å²) < 4.78 is 0. The predicted octanol–water partition coefficient (Wildman–Crippen LogP) is 3.00. The highest BCUT2D eigenvalue weighted by Gasteiger charge is 2.16. The van der Waals surface area contributed by atoms with E-state index in [9.17, 15) is 4.79 Å². The number of amides is 1. The summed E-state index contributed by atoms with van der Waals surface area (Å²) in [7, 11) is 0. The van der Waals surface area contributed by atoms with E-state index in [1.807, 2.05) is 42.5 Å². The molecular formula is C15H14N2OS. The van der Waals surface area contributed by atoms with Crippen molar-refractivity contribution in [3.8, 4) is 0 Å². The van der Waals surface area contributed by atoms with E-state index in [-0.39, 0.29) is 5.91 Å². The number of aryl methyl sites for hydroxylation is 2. The summed E-state index contributed by atoms with van der Waals surface area (Å²) in [6, 6.07) is 13.7. The third kappa shape index (κ3) is 2.37. The average Bonchev–Trinajstić information content (AvgIpc) is 2.44. The van der Waals surface area contributed by atoms with Gasteiger partial charge < -0.3 is 5.32 Å². The zero-order chi connectivity index (χ0) is 13.2. The minimum absolute atomic E-state index is 0.0373. The van der Waals surface area contributed by atoms with Gasteiger partial charge in [0.05, 0.1) is 0 Å². The molecule has 0 atom stereocenters. The van der Waals surface area contributed by atoms with E-state index in [4.69, 9.17) is 5.14 Å². The van der Waals surface area contributed by atoms with Crippen molar-refractivity contribution in [2.24, 2.45) is 5.14 Å². The molecule has 1 heterocycles. The molecule has 0 fully saturated rings. The molecule has 3 rings (SSSR count). The van der Waals surface area contributed by atoms with Crippen LogP contribution in [0.1, 0.15) is 21.5 Å². The van der Waals surface area contributed by atoms with Crippen LogP contribution in [0.15, 0.2) is 47.4 Å². The molecule has 0 bridgehead atoms. The van der Waals surface area contributed by atoms with Crippen LogP contribution in [0.2, 0.25) is 0 Å². The SMILES string of the molecule is NSc1ccc2c(c1)CCc1ccccc1C(=O)N2. The normalized spacial score (nSPS) is 13.8. The molecule has 0 radical (unpaired) electrons. The fraction of sp³-hybridized carbons (Fsp3) is 0.133. The first-order valence-electron chi connectivity index (χ1n) is 6.17. The number of hydrogen-bond donors (Lipinski definition) is 2. The molecule has 2 aromatic carbocycles. The first-order chi connectivity index (χ1) is 9.28. The van der Waals surface area contributed by atoms with Gasteiger partial charge in [-0.2, -0.15) is 0 Å². The molecule has 19 heavy (non-hydrogen) atoms. The molecule has 0 saturated heterocycles. The van der Waals surface area contributed by atoms with Gasteiger partial charge in [0, 0.05) is 16.1 Å². The Morgan fingerprint density at radius 3 is 2.68 bits per heavy atom. The third-order valence-corrected chi connectivity index (χ3v) is 3.91. The van der Waals surface area contributed by atoms with Crippen LogP contribution in [0.4, 0.5) is 5.69 Å². The lowest BCUT2D eigenvalue weighted by molar-refractivity contribution is 0.102. The van der Waals surface area contributed by atoms with Crippen molar-refractivity contribution in [1.29, 1.82) is 0 Å². The van der Waals surface area contributed by atoms with Gasteiger partial charge in [0.25, 0.3) is 5.91 Å². The summed E-state index contributed by atoms with van der Waals surface area (Å²) >= 11 is 1.23. The zero-order valence-electron chi connectivity index (χ0n) is 10.3. The summed E-state index contributed by atoms with van der Waals surface area (Å²) in [6.45, 7) is 0. The highest BCUT2D eigenvalue weighted by molar-refractivity contribution is 7.97. The fourth-order valence-electron chi connectivity index (χ4n) is 2.39. The maximum Gasteiger partial charge on any atom is 0.255 e. The monoisotopic (exact) mass is 270 g/mol. The number of fused-ring (bicyclic) bond motifs is 2. The molecule has 1 aliphatic rings. The number of nitrogens with two attached hydrogens (primary N) is 1. The molecule has 96 valence electrons. The Labute approximate surface area is 116 Å². The summed E-state index contributed by atoms with van der Waals surface area (Å²) in [6.07, 6.45) is 1.77. The zero-order valence-corrected chi connectivity index (χ0v) is 11.2. The maximum absolute atomic E-state index is 12.2. The van der Waals surface area contributed by atoms with Crippen molar-refractivity contribution in [1.82, 2.24) is 0 Å². The molecule has 0 unspecified atom stereocenters. The Kier molecular flexibility index (Phi) is 3.27. The molecule has 4 heteroatoms. The number of nitrogens with one attached hydrogen (secondary N) is 1. The Hall–Kier alpha value is -1.78. The predicted molar refractivity (Wildman–Crippen MR) is 78.3 cm³/mol. The number of carbonyl (C=O) groups is 1. The first kappa shape index (κ1) is 12.3. The smallest absolute Gasteiger partial charge is 0.255 e. The van der Waals surface area contributed by atoms with Crippen LogP contribution in [0.3, 0.4) is 0 Å². The van der Waals surface area contributed by atoms with Crippen molar-refractivity contribution >= 4 is 23.5 Å². The van der Waals surface area contributed by atoms with Gasteiger partial charge in [-0.1, -0.05) is 18.2 Å².